The molecule has 4 rings (SSSR count). The van der Waals surface area contributed by atoms with Crippen LogP contribution in [0.1, 0.15) is 29.9 Å². The molecule has 0 radical (unpaired) electrons. The van der Waals surface area contributed by atoms with Gasteiger partial charge in [0, 0.05) is 29.9 Å². The zero-order chi connectivity index (χ0) is 17.9. The van der Waals surface area contributed by atoms with Crippen LogP contribution in [0.2, 0.25) is 5.02 Å². The van der Waals surface area contributed by atoms with Gasteiger partial charge in [0.25, 0.3) is 0 Å². The van der Waals surface area contributed by atoms with Crippen molar-refractivity contribution in [1.82, 2.24) is 4.90 Å². The van der Waals surface area contributed by atoms with E-state index in [2.05, 4.69) is 34.3 Å². The largest absolute Gasteiger partial charge is 0.377 e. The molecule has 5 heteroatoms. The van der Waals surface area contributed by atoms with Crippen LogP contribution in [0.3, 0.4) is 0 Å². The Balaban J connectivity index is 1.48. The maximum Gasteiger partial charge on any atom is 0.369 e. The van der Waals surface area contributed by atoms with Crippen molar-refractivity contribution in [3.63, 3.8) is 0 Å². The zero-order valence-corrected chi connectivity index (χ0v) is 15.0. The monoisotopic (exact) mass is 366 g/mol. The molecule has 0 spiro atoms. The van der Waals surface area contributed by atoms with E-state index >= 15 is 0 Å². The highest BCUT2D eigenvalue weighted by Gasteiger charge is 2.28. The van der Waals surface area contributed by atoms with Crippen molar-refractivity contribution in [2.75, 3.05) is 13.1 Å². The molecule has 2 aliphatic rings. The molecule has 1 fully saturated rings. The van der Waals surface area contributed by atoms with Gasteiger partial charge in [0.05, 0.1) is 0 Å². The fraction of sp³-hybridized carbons (Fsp3) is 0.238. The van der Waals surface area contributed by atoms with E-state index in [9.17, 15) is 4.79 Å². The minimum absolute atomic E-state index is 0.403. The molecule has 0 saturated carbocycles. The average molecular weight is 367 g/mol. The van der Waals surface area contributed by atoms with Gasteiger partial charge in [-0.05, 0) is 36.5 Å². The predicted molar refractivity (Wildman–Crippen MR) is 102 cm³/mol. The fourth-order valence-corrected chi connectivity index (χ4v) is 3.61. The minimum atomic E-state index is -0.403. The average Bonchev–Trinajstić information content (AvgIpc) is 3.04. The van der Waals surface area contributed by atoms with Crippen LogP contribution in [0.5, 0.6) is 0 Å². The quantitative estimate of drug-likeness (QED) is 0.598. The number of hydrogen-bond acceptors (Lipinski definition) is 4. The number of oxime groups is 1. The first kappa shape index (κ1) is 16.9. The van der Waals surface area contributed by atoms with Gasteiger partial charge in [-0.1, -0.05) is 59.2 Å². The third-order valence-electron chi connectivity index (χ3n) is 4.92. The van der Waals surface area contributed by atoms with Crippen LogP contribution in [0, 0.1) is 0 Å². The Kier molecular flexibility index (Phi) is 4.76. The minimum Gasteiger partial charge on any atom is -0.377 e. The Labute approximate surface area is 157 Å². The number of nitrogens with zero attached hydrogens (tertiary/aromatic N) is 2. The number of piperidine rings is 1. The van der Waals surface area contributed by atoms with Crippen LogP contribution in [0.25, 0.3) is 0 Å². The number of halogens is 1. The Bertz CT molecular complexity index is 851. The Hall–Kier alpha value is -2.59. The fourth-order valence-electron chi connectivity index (χ4n) is 3.48. The highest BCUT2D eigenvalue weighted by molar-refractivity contribution is 6.31. The van der Waals surface area contributed by atoms with E-state index in [1.807, 2.05) is 24.4 Å². The van der Waals surface area contributed by atoms with Crippen LogP contribution < -0.4 is 0 Å². The van der Waals surface area contributed by atoms with Gasteiger partial charge in [-0.15, -0.1) is 0 Å². The third-order valence-corrected chi connectivity index (χ3v) is 5.18. The lowest BCUT2D eigenvalue weighted by Gasteiger charge is -2.31. The van der Waals surface area contributed by atoms with Crippen LogP contribution in [0.15, 0.2) is 71.5 Å². The van der Waals surface area contributed by atoms with Crippen LogP contribution in [0.4, 0.5) is 0 Å². The van der Waals surface area contributed by atoms with Gasteiger partial charge in [0.2, 0.25) is 0 Å². The van der Waals surface area contributed by atoms with Gasteiger partial charge >= 0.3 is 5.97 Å². The Morgan fingerprint density at radius 2 is 1.73 bits per heavy atom. The van der Waals surface area contributed by atoms with Crippen molar-refractivity contribution in [3.05, 3.63) is 82.5 Å². The number of hydrogen-bond donors (Lipinski definition) is 0. The van der Waals surface area contributed by atoms with E-state index in [1.54, 1.807) is 12.1 Å². The molecular formula is C21H19ClN2O2. The number of carbonyl (C=O) groups is 1. The van der Waals surface area contributed by atoms with Crippen molar-refractivity contribution in [1.29, 1.82) is 0 Å². The Morgan fingerprint density at radius 1 is 1.04 bits per heavy atom. The van der Waals surface area contributed by atoms with Gasteiger partial charge in [-0.2, -0.15) is 0 Å². The summed E-state index contributed by atoms with van der Waals surface area (Å²) in [4.78, 5) is 19.2. The summed E-state index contributed by atoms with van der Waals surface area (Å²) in [6.07, 6.45) is 4.02. The molecule has 0 aromatic heterocycles. The Morgan fingerprint density at radius 3 is 2.42 bits per heavy atom. The summed E-state index contributed by atoms with van der Waals surface area (Å²) >= 11 is 5.94. The smallest absolute Gasteiger partial charge is 0.369 e. The lowest BCUT2D eigenvalue weighted by Crippen LogP contribution is -2.30. The summed E-state index contributed by atoms with van der Waals surface area (Å²) in [6, 6.07) is 17.9. The normalized spacial score (nSPS) is 19.6. The summed E-state index contributed by atoms with van der Waals surface area (Å²) < 4.78 is 0. The van der Waals surface area contributed by atoms with E-state index < -0.39 is 5.97 Å². The molecule has 1 saturated heterocycles. The van der Waals surface area contributed by atoms with E-state index in [1.165, 1.54) is 5.56 Å². The van der Waals surface area contributed by atoms with E-state index in [-0.39, 0.29) is 0 Å². The second-order valence-corrected chi connectivity index (χ2v) is 7.03. The van der Waals surface area contributed by atoms with Crippen molar-refractivity contribution in [2.24, 2.45) is 5.16 Å². The topological polar surface area (TPSA) is 41.9 Å². The second-order valence-electron chi connectivity index (χ2n) is 6.59. The molecule has 4 nitrogen and oxygen atoms in total. The first-order valence-electron chi connectivity index (χ1n) is 8.77. The van der Waals surface area contributed by atoms with Crippen LogP contribution >= 0.6 is 11.6 Å². The van der Waals surface area contributed by atoms with Crippen molar-refractivity contribution >= 4 is 23.3 Å². The highest BCUT2D eigenvalue weighted by Crippen LogP contribution is 2.29. The SMILES string of the molecule is O=C1ON=C(c2ccc(Cl)cc2)/C1=C/N1CCC(c2ccccc2)CC1. The van der Waals surface area contributed by atoms with Gasteiger partial charge in [-0.25, -0.2) is 4.79 Å². The first-order valence-corrected chi connectivity index (χ1v) is 9.15. The molecule has 0 atom stereocenters. The molecule has 0 aliphatic carbocycles. The lowest BCUT2D eigenvalue weighted by molar-refractivity contribution is -0.136. The van der Waals surface area contributed by atoms with E-state index in [0.29, 0.717) is 22.2 Å². The number of benzene rings is 2. The summed E-state index contributed by atoms with van der Waals surface area (Å²) in [7, 11) is 0. The molecule has 0 N–H and O–H groups in total. The van der Waals surface area contributed by atoms with Crippen molar-refractivity contribution in [2.45, 2.75) is 18.8 Å². The van der Waals surface area contributed by atoms with E-state index in [0.717, 1.165) is 31.5 Å². The number of likely N-dealkylation sites (tertiary alicyclic amines) is 1. The van der Waals surface area contributed by atoms with Gasteiger partial charge in [-0.3, -0.25) is 0 Å². The number of carbonyl (C=O) groups excluding carboxylic acids is 1. The zero-order valence-electron chi connectivity index (χ0n) is 14.3. The lowest BCUT2D eigenvalue weighted by atomic mass is 9.89. The molecule has 0 amide bonds. The number of rotatable bonds is 3. The highest BCUT2D eigenvalue weighted by atomic mass is 35.5. The standard InChI is InChI=1S/C21H19ClN2O2/c22-18-8-6-17(7-9-18)20-19(21(25)26-23-20)14-24-12-10-16(11-13-24)15-4-2-1-3-5-15/h1-9,14,16H,10-13H2/b19-14-. The maximum atomic E-state index is 12.1. The summed E-state index contributed by atoms with van der Waals surface area (Å²) in [5.74, 6) is 0.172. The molecule has 2 aromatic carbocycles. The van der Waals surface area contributed by atoms with Crippen LogP contribution in [-0.4, -0.2) is 29.7 Å². The molecule has 132 valence electrons. The molecule has 26 heavy (non-hydrogen) atoms. The van der Waals surface area contributed by atoms with Crippen molar-refractivity contribution < 1.29 is 9.63 Å². The second kappa shape index (κ2) is 7.34. The summed E-state index contributed by atoms with van der Waals surface area (Å²) in [5.41, 5.74) is 3.29. The molecule has 2 aromatic rings. The van der Waals surface area contributed by atoms with Gasteiger partial charge < -0.3 is 9.74 Å². The van der Waals surface area contributed by atoms with Gasteiger partial charge in [0.1, 0.15) is 11.3 Å². The van der Waals surface area contributed by atoms with Gasteiger partial charge in [0.15, 0.2) is 0 Å². The van der Waals surface area contributed by atoms with Crippen LogP contribution in [-0.2, 0) is 9.63 Å². The molecule has 2 aliphatic heterocycles. The molecular weight excluding hydrogens is 348 g/mol. The summed E-state index contributed by atoms with van der Waals surface area (Å²) in [6.45, 7) is 1.81. The third kappa shape index (κ3) is 3.51. The predicted octanol–water partition coefficient (Wildman–Crippen LogP) is 4.36. The van der Waals surface area contributed by atoms with Crippen molar-refractivity contribution in [3.8, 4) is 0 Å². The molecule has 0 bridgehead atoms. The summed E-state index contributed by atoms with van der Waals surface area (Å²) in [5, 5.41) is 4.60. The first-order chi connectivity index (χ1) is 12.7. The van der Waals surface area contributed by atoms with E-state index in [4.69, 9.17) is 16.4 Å². The maximum absolute atomic E-state index is 12.1. The molecule has 0 unspecified atom stereocenters. The molecule has 2 heterocycles.